The molecule has 0 unspecified atom stereocenters. The molecule has 0 atom stereocenters. The van der Waals surface area contributed by atoms with Gasteiger partial charge in [-0.05, 0) is 37.8 Å². The normalized spacial score (nSPS) is 24.1. The molecule has 1 heterocycles. The molecule has 0 bridgehead atoms. The van der Waals surface area contributed by atoms with Crippen molar-refractivity contribution in [2.75, 3.05) is 0 Å². The SMILES string of the molecule is NC1CCC(Oc2cccc3cccnc23)CC1. The monoisotopic (exact) mass is 242 g/mol. The van der Waals surface area contributed by atoms with E-state index in [1.165, 1.54) is 0 Å². The summed E-state index contributed by atoms with van der Waals surface area (Å²) in [6.45, 7) is 0. The number of nitrogens with zero attached hydrogens (tertiary/aromatic N) is 1. The highest BCUT2D eigenvalue weighted by molar-refractivity contribution is 5.84. The molecular formula is C15H18N2O. The van der Waals surface area contributed by atoms with Crippen molar-refractivity contribution < 1.29 is 4.74 Å². The van der Waals surface area contributed by atoms with Crippen LogP contribution in [0.4, 0.5) is 0 Å². The summed E-state index contributed by atoms with van der Waals surface area (Å²) < 4.78 is 6.10. The van der Waals surface area contributed by atoms with Crippen molar-refractivity contribution in [3.8, 4) is 5.75 Å². The fraction of sp³-hybridized carbons (Fsp3) is 0.400. The molecule has 1 saturated carbocycles. The summed E-state index contributed by atoms with van der Waals surface area (Å²) in [6, 6.07) is 10.5. The van der Waals surface area contributed by atoms with Crippen molar-refractivity contribution >= 4 is 10.9 Å². The van der Waals surface area contributed by atoms with Gasteiger partial charge in [-0.1, -0.05) is 18.2 Å². The van der Waals surface area contributed by atoms with Gasteiger partial charge < -0.3 is 10.5 Å². The maximum absolute atomic E-state index is 6.10. The lowest BCUT2D eigenvalue weighted by molar-refractivity contribution is 0.149. The molecule has 0 spiro atoms. The lowest BCUT2D eigenvalue weighted by atomic mass is 9.94. The number of nitrogens with two attached hydrogens (primary N) is 1. The van der Waals surface area contributed by atoms with E-state index in [9.17, 15) is 0 Å². The highest BCUT2D eigenvalue weighted by atomic mass is 16.5. The zero-order valence-corrected chi connectivity index (χ0v) is 10.4. The van der Waals surface area contributed by atoms with Gasteiger partial charge in [-0.25, -0.2) is 0 Å². The first-order chi connectivity index (χ1) is 8.83. The molecule has 1 aromatic carbocycles. The largest absolute Gasteiger partial charge is 0.488 e. The van der Waals surface area contributed by atoms with E-state index in [1.807, 2.05) is 24.4 Å². The van der Waals surface area contributed by atoms with Crippen LogP contribution in [-0.2, 0) is 0 Å². The Hall–Kier alpha value is -1.61. The number of ether oxygens (including phenoxy) is 1. The maximum atomic E-state index is 6.10. The van der Waals surface area contributed by atoms with Gasteiger partial charge in [0.05, 0.1) is 6.10 Å². The third-order valence-electron chi connectivity index (χ3n) is 3.61. The lowest BCUT2D eigenvalue weighted by Gasteiger charge is -2.27. The van der Waals surface area contributed by atoms with Gasteiger partial charge in [0.2, 0.25) is 0 Å². The van der Waals surface area contributed by atoms with Crippen molar-refractivity contribution in [3.05, 3.63) is 36.5 Å². The van der Waals surface area contributed by atoms with E-state index in [1.54, 1.807) is 0 Å². The van der Waals surface area contributed by atoms with Crippen LogP contribution in [0.2, 0.25) is 0 Å². The first-order valence-electron chi connectivity index (χ1n) is 6.59. The van der Waals surface area contributed by atoms with Gasteiger partial charge in [-0.2, -0.15) is 0 Å². The first-order valence-corrected chi connectivity index (χ1v) is 6.59. The lowest BCUT2D eigenvalue weighted by Crippen LogP contribution is -2.31. The zero-order valence-electron chi connectivity index (χ0n) is 10.4. The Morgan fingerprint density at radius 3 is 2.67 bits per heavy atom. The quantitative estimate of drug-likeness (QED) is 0.880. The molecule has 1 aliphatic rings. The average molecular weight is 242 g/mol. The Morgan fingerprint density at radius 1 is 1.06 bits per heavy atom. The summed E-state index contributed by atoms with van der Waals surface area (Å²) in [5.74, 6) is 0.897. The number of aromatic nitrogens is 1. The van der Waals surface area contributed by atoms with E-state index in [2.05, 4.69) is 17.1 Å². The van der Waals surface area contributed by atoms with Crippen LogP contribution in [0.5, 0.6) is 5.75 Å². The summed E-state index contributed by atoms with van der Waals surface area (Å²) in [4.78, 5) is 4.41. The van der Waals surface area contributed by atoms with Gasteiger partial charge in [-0.3, -0.25) is 4.98 Å². The predicted octanol–water partition coefficient (Wildman–Crippen LogP) is 2.88. The van der Waals surface area contributed by atoms with Crippen LogP contribution in [-0.4, -0.2) is 17.1 Å². The number of hydrogen-bond donors (Lipinski definition) is 1. The fourth-order valence-corrected chi connectivity index (χ4v) is 2.56. The minimum Gasteiger partial charge on any atom is -0.488 e. The van der Waals surface area contributed by atoms with Gasteiger partial charge in [-0.15, -0.1) is 0 Å². The number of fused-ring (bicyclic) bond motifs is 1. The molecule has 3 heteroatoms. The molecular weight excluding hydrogens is 224 g/mol. The van der Waals surface area contributed by atoms with E-state index in [0.717, 1.165) is 42.3 Å². The van der Waals surface area contributed by atoms with Gasteiger partial charge in [0.1, 0.15) is 11.3 Å². The molecule has 94 valence electrons. The van der Waals surface area contributed by atoms with Crippen molar-refractivity contribution in [1.82, 2.24) is 4.98 Å². The number of rotatable bonds is 2. The molecule has 1 aliphatic carbocycles. The third kappa shape index (κ3) is 2.31. The molecule has 18 heavy (non-hydrogen) atoms. The molecule has 3 nitrogen and oxygen atoms in total. The third-order valence-corrected chi connectivity index (χ3v) is 3.61. The van der Waals surface area contributed by atoms with Gasteiger partial charge in [0.15, 0.2) is 0 Å². The molecule has 2 aromatic rings. The van der Waals surface area contributed by atoms with Crippen LogP contribution < -0.4 is 10.5 Å². The molecule has 3 rings (SSSR count). The van der Waals surface area contributed by atoms with Crippen molar-refractivity contribution in [2.45, 2.75) is 37.8 Å². The first kappa shape index (κ1) is 11.5. The Morgan fingerprint density at radius 2 is 1.83 bits per heavy atom. The summed E-state index contributed by atoms with van der Waals surface area (Å²) in [5.41, 5.74) is 6.87. The number of pyridine rings is 1. The summed E-state index contributed by atoms with van der Waals surface area (Å²) in [6.07, 6.45) is 6.31. The molecule has 0 radical (unpaired) electrons. The molecule has 0 amide bonds. The van der Waals surface area contributed by atoms with Crippen LogP contribution >= 0.6 is 0 Å². The number of para-hydroxylation sites is 1. The molecule has 1 aromatic heterocycles. The van der Waals surface area contributed by atoms with Crippen molar-refractivity contribution in [1.29, 1.82) is 0 Å². The molecule has 0 saturated heterocycles. The molecule has 0 aliphatic heterocycles. The standard InChI is InChI=1S/C15H18N2O/c16-12-6-8-13(9-7-12)18-14-5-1-3-11-4-2-10-17-15(11)14/h1-5,10,12-13H,6-9,16H2. The minimum absolute atomic E-state index is 0.289. The second kappa shape index (κ2) is 4.94. The Kier molecular flexibility index (Phi) is 3.15. The average Bonchev–Trinajstić information content (AvgIpc) is 2.42. The number of benzene rings is 1. The summed E-state index contributed by atoms with van der Waals surface area (Å²) >= 11 is 0. The van der Waals surface area contributed by atoms with Gasteiger partial charge in [0.25, 0.3) is 0 Å². The Labute approximate surface area is 107 Å². The van der Waals surface area contributed by atoms with E-state index < -0.39 is 0 Å². The van der Waals surface area contributed by atoms with E-state index in [-0.39, 0.29) is 6.10 Å². The van der Waals surface area contributed by atoms with Crippen LogP contribution in [0.1, 0.15) is 25.7 Å². The van der Waals surface area contributed by atoms with Crippen LogP contribution in [0.25, 0.3) is 10.9 Å². The van der Waals surface area contributed by atoms with Crippen LogP contribution in [0.3, 0.4) is 0 Å². The van der Waals surface area contributed by atoms with Crippen molar-refractivity contribution in [3.63, 3.8) is 0 Å². The van der Waals surface area contributed by atoms with Crippen LogP contribution in [0, 0.1) is 0 Å². The van der Waals surface area contributed by atoms with Crippen LogP contribution in [0.15, 0.2) is 36.5 Å². The second-order valence-corrected chi connectivity index (χ2v) is 4.99. The minimum atomic E-state index is 0.289. The Bertz CT molecular complexity index is 528. The highest BCUT2D eigenvalue weighted by Crippen LogP contribution is 2.27. The van der Waals surface area contributed by atoms with Crippen molar-refractivity contribution in [2.24, 2.45) is 5.73 Å². The highest BCUT2D eigenvalue weighted by Gasteiger charge is 2.20. The maximum Gasteiger partial charge on any atom is 0.145 e. The van der Waals surface area contributed by atoms with Gasteiger partial charge >= 0.3 is 0 Å². The van der Waals surface area contributed by atoms with E-state index >= 15 is 0 Å². The molecule has 2 N–H and O–H groups in total. The topological polar surface area (TPSA) is 48.1 Å². The fourth-order valence-electron chi connectivity index (χ4n) is 2.56. The number of hydrogen-bond acceptors (Lipinski definition) is 3. The van der Waals surface area contributed by atoms with E-state index in [0.29, 0.717) is 6.04 Å². The van der Waals surface area contributed by atoms with Gasteiger partial charge in [0, 0.05) is 17.6 Å². The zero-order chi connectivity index (χ0) is 12.4. The Balaban J connectivity index is 1.82. The second-order valence-electron chi connectivity index (χ2n) is 4.99. The summed E-state index contributed by atoms with van der Waals surface area (Å²) in [5, 5.41) is 1.13. The smallest absolute Gasteiger partial charge is 0.145 e. The predicted molar refractivity (Wildman–Crippen MR) is 72.6 cm³/mol. The summed E-state index contributed by atoms with van der Waals surface area (Å²) in [7, 11) is 0. The van der Waals surface area contributed by atoms with E-state index in [4.69, 9.17) is 10.5 Å². The molecule has 1 fully saturated rings.